The molecule has 0 radical (unpaired) electrons. The van der Waals surface area contributed by atoms with Crippen molar-refractivity contribution in [2.24, 2.45) is 5.73 Å². The van der Waals surface area contributed by atoms with Crippen molar-refractivity contribution in [1.29, 1.82) is 0 Å². The minimum Gasteiger partial charge on any atom is -0.354 e. The highest BCUT2D eigenvalue weighted by atomic mass is 19.2. The number of anilines is 1. The van der Waals surface area contributed by atoms with E-state index in [-0.39, 0.29) is 6.04 Å². The maximum Gasteiger partial charge on any atom is 0.159 e. The lowest BCUT2D eigenvalue weighted by Gasteiger charge is -2.13. The van der Waals surface area contributed by atoms with E-state index in [1.54, 1.807) is 0 Å². The van der Waals surface area contributed by atoms with Crippen molar-refractivity contribution in [1.82, 2.24) is 10.2 Å². The molecule has 1 aromatic heterocycles. The van der Waals surface area contributed by atoms with E-state index in [2.05, 4.69) is 15.1 Å². The summed E-state index contributed by atoms with van der Waals surface area (Å²) in [7, 11) is 0. The first-order valence-electron chi connectivity index (χ1n) is 6.15. The van der Waals surface area contributed by atoms with Crippen LogP contribution in [0.3, 0.4) is 0 Å². The monoisotopic (exact) mass is 264 g/mol. The Hall–Kier alpha value is -1.95. The fourth-order valence-electron chi connectivity index (χ4n) is 2.28. The quantitative estimate of drug-likeness (QED) is 0.871. The summed E-state index contributed by atoms with van der Waals surface area (Å²) in [4.78, 5) is 2.07. The maximum atomic E-state index is 13.2. The lowest BCUT2D eigenvalue weighted by atomic mass is 10.1. The van der Waals surface area contributed by atoms with Gasteiger partial charge in [0, 0.05) is 30.8 Å². The van der Waals surface area contributed by atoms with Gasteiger partial charge in [0.2, 0.25) is 0 Å². The van der Waals surface area contributed by atoms with Crippen molar-refractivity contribution in [2.75, 3.05) is 18.0 Å². The van der Waals surface area contributed by atoms with Gasteiger partial charge in [-0.3, -0.25) is 5.10 Å². The van der Waals surface area contributed by atoms with Crippen LogP contribution >= 0.6 is 0 Å². The number of nitrogens with one attached hydrogen (secondary N) is 1. The van der Waals surface area contributed by atoms with Gasteiger partial charge in [-0.2, -0.15) is 5.10 Å². The standard InChI is InChI=1S/C13H14F2N4/c14-10-2-1-8(5-11(10)15)12-6-13(18-17-12)19-4-3-9(16)7-19/h1-2,5-6,9H,3-4,7,16H2,(H,17,18). The second kappa shape index (κ2) is 4.62. The summed E-state index contributed by atoms with van der Waals surface area (Å²) in [6.45, 7) is 1.63. The van der Waals surface area contributed by atoms with Gasteiger partial charge in [-0.15, -0.1) is 0 Å². The number of nitrogens with two attached hydrogens (primary N) is 1. The Balaban J connectivity index is 1.86. The molecule has 2 heterocycles. The largest absolute Gasteiger partial charge is 0.354 e. The van der Waals surface area contributed by atoms with Gasteiger partial charge in [0.1, 0.15) is 0 Å². The average molecular weight is 264 g/mol. The summed E-state index contributed by atoms with van der Waals surface area (Å²) in [6, 6.07) is 5.78. The van der Waals surface area contributed by atoms with Crippen LogP contribution in [0.15, 0.2) is 24.3 Å². The van der Waals surface area contributed by atoms with Gasteiger partial charge in [-0.1, -0.05) is 0 Å². The highest BCUT2D eigenvalue weighted by molar-refractivity contribution is 5.63. The molecular weight excluding hydrogens is 250 g/mol. The van der Waals surface area contributed by atoms with Crippen molar-refractivity contribution in [2.45, 2.75) is 12.5 Å². The molecular formula is C13H14F2N4. The van der Waals surface area contributed by atoms with Crippen LogP contribution in [-0.2, 0) is 0 Å². The molecule has 0 saturated carbocycles. The molecule has 0 spiro atoms. The highest BCUT2D eigenvalue weighted by Gasteiger charge is 2.21. The second-order valence-corrected chi connectivity index (χ2v) is 4.76. The molecule has 1 aromatic carbocycles. The van der Waals surface area contributed by atoms with Crippen molar-refractivity contribution in [3.05, 3.63) is 35.9 Å². The first kappa shape index (κ1) is 12.1. The number of hydrogen-bond donors (Lipinski definition) is 2. The fourth-order valence-corrected chi connectivity index (χ4v) is 2.28. The number of benzene rings is 1. The van der Waals surface area contributed by atoms with Gasteiger partial charge in [0.25, 0.3) is 0 Å². The Morgan fingerprint density at radius 3 is 2.79 bits per heavy atom. The lowest BCUT2D eigenvalue weighted by Crippen LogP contribution is -2.26. The van der Waals surface area contributed by atoms with Crippen molar-refractivity contribution >= 4 is 5.82 Å². The second-order valence-electron chi connectivity index (χ2n) is 4.76. The Morgan fingerprint density at radius 1 is 1.26 bits per heavy atom. The van der Waals surface area contributed by atoms with Crippen molar-refractivity contribution < 1.29 is 8.78 Å². The van der Waals surface area contributed by atoms with Crippen LogP contribution in [0.1, 0.15) is 6.42 Å². The van der Waals surface area contributed by atoms with Crippen LogP contribution in [0.4, 0.5) is 14.6 Å². The molecule has 1 aliphatic heterocycles. The molecule has 1 fully saturated rings. The van der Waals surface area contributed by atoms with Gasteiger partial charge in [-0.05, 0) is 24.6 Å². The normalized spacial score (nSPS) is 19.1. The van der Waals surface area contributed by atoms with Crippen LogP contribution in [0, 0.1) is 11.6 Å². The van der Waals surface area contributed by atoms with E-state index in [0.29, 0.717) is 11.3 Å². The van der Waals surface area contributed by atoms with E-state index < -0.39 is 11.6 Å². The molecule has 1 aliphatic rings. The minimum absolute atomic E-state index is 0.170. The van der Waals surface area contributed by atoms with Gasteiger partial charge >= 0.3 is 0 Å². The van der Waals surface area contributed by atoms with E-state index in [1.807, 2.05) is 6.07 Å². The van der Waals surface area contributed by atoms with Crippen LogP contribution in [0.25, 0.3) is 11.3 Å². The van der Waals surface area contributed by atoms with Crippen LogP contribution in [0.2, 0.25) is 0 Å². The van der Waals surface area contributed by atoms with Crippen molar-refractivity contribution in [3.8, 4) is 11.3 Å². The van der Waals surface area contributed by atoms with Gasteiger partial charge in [0.15, 0.2) is 17.5 Å². The maximum absolute atomic E-state index is 13.2. The minimum atomic E-state index is -0.864. The summed E-state index contributed by atoms with van der Waals surface area (Å²) >= 11 is 0. The molecule has 1 atom stereocenters. The zero-order valence-electron chi connectivity index (χ0n) is 10.2. The van der Waals surface area contributed by atoms with Gasteiger partial charge < -0.3 is 10.6 Å². The molecule has 0 bridgehead atoms. The SMILES string of the molecule is NC1CCN(c2cc(-c3ccc(F)c(F)c3)[nH]n2)C1. The number of aromatic amines is 1. The number of aromatic nitrogens is 2. The van der Waals surface area contributed by atoms with Crippen LogP contribution in [-0.4, -0.2) is 29.3 Å². The first-order chi connectivity index (χ1) is 9.13. The number of halogens is 2. The molecule has 3 rings (SSSR count). The average Bonchev–Trinajstić information content (AvgIpc) is 3.01. The Bertz CT molecular complexity index is 596. The predicted molar refractivity (Wildman–Crippen MR) is 68.7 cm³/mol. The molecule has 100 valence electrons. The third-order valence-electron chi connectivity index (χ3n) is 3.34. The zero-order valence-corrected chi connectivity index (χ0v) is 10.2. The Morgan fingerprint density at radius 2 is 2.11 bits per heavy atom. The van der Waals surface area contributed by atoms with Crippen LogP contribution < -0.4 is 10.6 Å². The highest BCUT2D eigenvalue weighted by Crippen LogP contribution is 2.25. The topological polar surface area (TPSA) is 57.9 Å². The van der Waals surface area contributed by atoms with E-state index in [1.165, 1.54) is 6.07 Å². The molecule has 2 aromatic rings. The Labute approximate surface area is 109 Å². The predicted octanol–water partition coefficient (Wildman–Crippen LogP) is 1.89. The number of H-pyrrole nitrogens is 1. The number of rotatable bonds is 2. The lowest BCUT2D eigenvalue weighted by molar-refractivity contribution is 0.509. The molecule has 0 aliphatic carbocycles. The molecule has 0 amide bonds. The number of hydrogen-bond acceptors (Lipinski definition) is 3. The zero-order chi connectivity index (χ0) is 13.4. The van der Waals surface area contributed by atoms with E-state index in [9.17, 15) is 8.78 Å². The summed E-state index contributed by atoms with van der Waals surface area (Å²) in [6.07, 6.45) is 0.938. The number of nitrogens with zero attached hydrogens (tertiary/aromatic N) is 2. The molecule has 4 nitrogen and oxygen atoms in total. The smallest absolute Gasteiger partial charge is 0.159 e. The molecule has 3 N–H and O–H groups in total. The summed E-state index contributed by atoms with van der Waals surface area (Å²) in [5.74, 6) is -0.932. The van der Waals surface area contributed by atoms with Gasteiger partial charge in [-0.25, -0.2) is 8.78 Å². The molecule has 1 unspecified atom stereocenters. The van der Waals surface area contributed by atoms with Crippen LogP contribution in [0.5, 0.6) is 0 Å². The first-order valence-corrected chi connectivity index (χ1v) is 6.15. The van der Waals surface area contributed by atoms with Crippen molar-refractivity contribution in [3.63, 3.8) is 0 Å². The third kappa shape index (κ3) is 2.31. The summed E-state index contributed by atoms with van der Waals surface area (Å²) in [5, 5.41) is 7.03. The summed E-state index contributed by atoms with van der Waals surface area (Å²) in [5.41, 5.74) is 7.08. The third-order valence-corrected chi connectivity index (χ3v) is 3.34. The van der Waals surface area contributed by atoms with E-state index in [0.717, 1.165) is 37.5 Å². The van der Waals surface area contributed by atoms with Gasteiger partial charge in [0.05, 0.1) is 5.69 Å². The summed E-state index contributed by atoms with van der Waals surface area (Å²) < 4.78 is 26.1. The molecule has 6 heteroatoms. The molecule has 1 saturated heterocycles. The Kier molecular flexibility index (Phi) is 2.94. The molecule has 19 heavy (non-hydrogen) atoms. The fraction of sp³-hybridized carbons (Fsp3) is 0.308. The van der Waals surface area contributed by atoms with E-state index in [4.69, 9.17) is 5.73 Å². The van der Waals surface area contributed by atoms with E-state index >= 15 is 0 Å².